The quantitative estimate of drug-likeness (QED) is 0.245. The molecule has 1 aliphatic rings. The summed E-state index contributed by atoms with van der Waals surface area (Å²) in [5, 5.41) is 3.68. The molecule has 1 heterocycles. The lowest BCUT2D eigenvalue weighted by Crippen LogP contribution is -2.47. The van der Waals surface area contributed by atoms with Crippen LogP contribution in [0.3, 0.4) is 0 Å². The van der Waals surface area contributed by atoms with E-state index in [1.54, 1.807) is 24.3 Å². The summed E-state index contributed by atoms with van der Waals surface area (Å²) in [6, 6.07) is 25.4. The van der Waals surface area contributed by atoms with Gasteiger partial charge in [0.2, 0.25) is 5.91 Å². The summed E-state index contributed by atoms with van der Waals surface area (Å²) in [5.74, 6) is -1.06. The number of aromatic nitrogens is 1. The molecule has 0 bridgehead atoms. The minimum Gasteiger partial charge on any atom is -0.351 e. The van der Waals surface area contributed by atoms with Crippen LogP contribution >= 0.6 is 11.6 Å². The zero-order valence-electron chi connectivity index (χ0n) is 21.6. The summed E-state index contributed by atoms with van der Waals surface area (Å²) in [6.07, 6.45) is 5.06. The molecule has 3 aromatic carbocycles. The molecular weight excluding hydrogens is 513 g/mol. The van der Waals surface area contributed by atoms with Gasteiger partial charge in [0.1, 0.15) is 17.6 Å². The molecule has 0 radical (unpaired) electrons. The maximum atomic E-state index is 14.2. The van der Waals surface area contributed by atoms with Crippen molar-refractivity contribution in [1.82, 2.24) is 15.2 Å². The molecule has 1 aliphatic carbocycles. The smallest absolute Gasteiger partial charge is 0.271 e. The molecule has 2 N–H and O–H groups in total. The van der Waals surface area contributed by atoms with Gasteiger partial charge in [-0.1, -0.05) is 91.5 Å². The van der Waals surface area contributed by atoms with E-state index in [0.29, 0.717) is 21.8 Å². The lowest BCUT2D eigenvalue weighted by atomic mass is 9.94. The fraction of sp³-hybridized carbons (Fsp3) is 0.250. The third-order valence-electron chi connectivity index (χ3n) is 7.26. The molecule has 7 heteroatoms. The van der Waals surface area contributed by atoms with E-state index >= 15 is 0 Å². The SMILES string of the molecule is O=C(NC1CCCCC1)[C@H](c1ccc(F)cc1)N(Cc1ccccc1Cl)C(=O)c1ccc(-c2ccccc2)[nH]1. The van der Waals surface area contributed by atoms with Gasteiger partial charge in [-0.3, -0.25) is 9.59 Å². The molecule has 0 spiro atoms. The van der Waals surface area contributed by atoms with Crippen LogP contribution in [0.4, 0.5) is 4.39 Å². The van der Waals surface area contributed by atoms with Crippen LogP contribution in [-0.2, 0) is 11.3 Å². The van der Waals surface area contributed by atoms with Crippen LogP contribution in [0.5, 0.6) is 0 Å². The average Bonchev–Trinajstić information content (AvgIpc) is 3.46. The molecule has 0 saturated heterocycles. The molecule has 1 saturated carbocycles. The molecule has 1 atom stereocenters. The predicted molar refractivity (Wildman–Crippen MR) is 152 cm³/mol. The van der Waals surface area contributed by atoms with Crippen LogP contribution in [0.2, 0.25) is 5.02 Å². The van der Waals surface area contributed by atoms with E-state index in [4.69, 9.17) is 11.6 Å². The second kappa shape index (κ2) is 12.3. The Morgan fingerprint density at radius 1 is 0.897 bits per heavy atom. The Morgan fingerprint density at radius 3 is 2.31 bits per heavy atom. The van der Waals surface area contributed by atoms with Crippen molar-refractivity contribution in [3.8, 4) is 11.3 Å². The number of benzene rings is 3. The normalized spacial score (nSPS) is 14.5. The van der Waals surface area contributed by atoms with Crippen molar-refractivity contribution in [3.63, 3.8) is 0 Å². The number of nitrogens with zero attached hydrogens (tertiary/aromatic N) is 1. The molecule has 0 unspecified atom stereocenters. The van der Waals surface area contributed by atoms with Crippen LogP contribution < -0.4 is 5.32 Å². The van der Waals surface area contributed by atoms with E-state index in [2.05, 4.69) is 10.3 Å². The summed E-state index contributed by atoms with van der Waals surface area (Å²) in [6.45, 7) is 0.0956. The van der Waals surface area contributed by atoms with Gasteiger partial charge < -0.3 is 15.2 Å². The van der Waals surface area contributed by atoms with E-state index < -0.39 is 11.9 Å². The fourth-order valence-corrected chi connectivity index (χ4v) is 5.39. The third-order valence-corrected chi connectivity index (χ3v) is 7.63. The number of rotatable bonds is 8. The number of nitrogens with one attached hydrogen (secondary N) is 2. The highest BCUT2D eigenvalue weighted by Gasteiger charge is 2.34. The second-order valence-corrected chi connectivity index (χ2v) is 10.4. The summed E-state index contributed by atoms with van der Waals surface area (Å²) in [4.78, 5) is 32.9. The molecule has 39 heavy (non-hydrogen) atoms. The van der Waals surface area contributed by atoms with Gasteiger partial charge in [0, 0.05) is 23.3 Å². The highest BCUT2D eigenvalue weighted by atomic mass is 35.5. The van der Waals surface area contributed by atoms with E-state index in [1.165, 1.54) is 17.0 Å². The zero-order chi connectivity index (χ0) is 27.2. The summed E-state index contributed by atoms with van der Waals surface area (Å²) in [5.41, 5.74) is 3.32. The lowest BCUT2D eigenvalue weighted by molar-refractivity contribution is -0.127. The zero-order valence-corrected chi connectivity index (χ0v) is 22.3. The lowest BCUT2D eigenvalue weighted by Gasteiger charge is -2.33. The van der Waals surface area contributed by atoms with Crippen LogP contribution in [0.1, 0.15) is 59.8 Å². The Hall–Kier alpha value is -3.90. The highest BCUT2D eigenvalue weighted by Crippen LogP contribution is 2.30. The first-order chi connectivity index (χ1) is 19.0. The molecule has 5 rings (SSSR count). The number of hydrogen-bond acceptors (Lipinski definition) is 2. The van der Waals surface area contributed by atoms with Gasteiger partial charge >= 0.3 is 0 Å². The van der Waals surface area contributed by atoms with Crippen molar-refractivity contribution in [2.75, 3.05) is 0 Å². The van der Waals surface area contributed by atoms with Gasteiger partial charge in [0.25, 0.3) is 5.91 Å². The number of halogens is 2. The summed E-state index contributed by atoms with van der Waals surface area (Å²) in [7, 11) is 0. The van der Waals surface area contributed by atoms with Gasteiger partial charge in [-0.15, -0.1) is 0 Å². The Bertz CT molecular complexity index is 1410. The Balaban J connectivity index is 1.54. The molecule has 200 valence electrons. The van der Waals surface area contributed by atoms with Crippen molar-refractivity contribution in [2.24, 2.45) is 0 Å². The Morgan fingerprint density at radius 2 is 1.59 bits per heavy atom. The van der Waals surface area contributed by atoms with E-state index in [1.807, 2.05) is 54.6 Å². The standard InChI is InChI=1S/C32H31ClFN3O2/c33-27-14-8-7-11-24(27)21-37(32(39)29-20-19-28(36-29)22-9-3-1-4-10-22)30(23-15-17-25(34)18-16-23)31(38)35-26-12-5-2-6-13-26/h1,3-4,7-11,14-20,26,30,36H,2,5-6,12-13,21H2,(H,35,38)/t30-/m0/s1. The van der Waals surface area contributed by atoms with E-state index in [-0.39, 0.29) is 24.4 Å². The predicted octanol–water partition coefficient (Wildman–Crippen LogP) is 7.31. The number of hydrogen-bond donors (Lipinski definition) is 2. The van der Waals surface area contributed by atoms with Crippen molar-refractivity contribution in [1.29, 1.82) is 0 Å². The van der Waals surface area contributed by atoms with Gasteiger partial charge in [-0.05, 0) is 59.9 Å². The molecular formula is C32H31ClFN3O2. The second-order valence-electron chi connectivity index (χ2n) is 9.97. The molecule has 1 aromatic heterocycles. The molecule has 4 aromatic rings. The minimum absolute atomic E-state index is 0.0432. The first-order valence-electron chi connectivity index (χ1n) is 13.3. The van der Waals surface area contributed by atoms with Crippen LogP contribution in [0.15, 0.2) is 91.0 Å². The number of carbonyl (C=O) groups excluding carboxylic acids is 2. The minimum atomic E-state index is -0.986. The van der Waals surface area contributed by atoms with Crippen molar-refractivity contribution in [2.45, 2.75) is 50.7 Å². The monoisotopic (exact) mass is 543 g/mol. The van der Waals surface area contributed by atoms with Gasteiger partial charge in [0.15, 0.2) is 0 Å². The molecule has 1 fully saturated rings. The van der Waals surface area contributed by atoms with Crippen molar-refractivity contribution < 1.29 is 14.0 Å². The van der Waals surface area contributed by atoms with Crippen LogP contribution in [0.25, 0.3) is 11.3 Å². The largest absolute Gasteiger partial charge is 0.351 e. The van der Waals surface area contributed by atoms with E-state index in [9.17, 15) is 14.0 Å². The molecule has 0 aliphatic heterocycles. The van der Waals surface area contributed by atoms with Crippen molar-refractivity contribution in [3.05, 3.63) is 119 Å². The van der Waals surface area contributed by atoms with Crippen LogP contribution in [-0.4, -0.2) is 27.7 Å². The first kappa shape index (κ1) is 26.7. The van der Waals surface area contributed by atoms with E-state index in [0.717, 1.165) is 43.4 Å². The van der Waals surface area contributed by atoms with Crippen LogP contribution in [0, 0.1) is 5.82 Å². The van der Waals surface area contributed by atoms with Gasteiger partial charge in [-0.2, -0.15) is 0 Å². The fourth-order valence-electron chi connectivity index (χ4n) is 5.20. The maximum Gasteiger partial charge on any atom is 0.271 e. The topological polar surface area (TPSA) is 65.2 Å². The van der Waals surface area contributed by atoms with Gasteiger partial charge in [-0.25, -0.2) is 4.39 Å². The third kappa shape index (κ3) is 6.40. The number of aromatic amines is 1. The average molecular weight is 544 g/mol. The Labute approximate surface area is 233 Å². The number of amides is 2. The number of carbonyl (C=O) groups is 2. The highest BCUT2D eigenvalue weighted by molar-refractivity contribution is 6.31. The first-order valence-corrected chi connectivity index (χ1v) is 13.7. The molecule has 5 nitrogen and oxygen atoms in total. The molecule has 2 amide bonds. The maximum absolute atomic E-state index is 14.2. The summed E-state index contributed by atoms with van der Waals surface area (Å²) >= 11 is 6.51. The van der Waals surface area contributed by atoms with Crippen molar-refractivity contribution >= 4 is 23.4 Å². The Kier molecular flexibility index (Phi) is 8.42. The summed E-state index contributed by atoms with van der Waals surface area (Å²) < 4.78 is 13.9. The number of H-pyrrole nitrogens is 1. The van der Waals surface area contributed by atoms with Gasteiger partial charge in [0.05, 0.1) is 0 Å².